The van der Waals surface area contributed by atoms with E-state index in [1.165, 1.54) is 5.69 Å². The zero-order valence-corrected chi connectivity index (χ0v) is 22.0. The third kappa shape index (κ3) is 4.65. The van der Waals surface area contributed by atoms with E-state index in [4.69, 9.17) is 9.97 Å². The van der Waals surface area contributed by atoms with Gasteiger partial charge in [0.05, 0.1) is 5.69 Å². The first kappa shape index (κ1) is 24.6. The van der Waals surface area contributed by atoms with Crippen LogP contribution in [0.5, 0.6) is 0 Å². The number of likely N-dealkylation sites (N-methyl/N-ethyl adjacent to an activating group) is 1. The van der Waals surface area contributed by atoms with E-state index in [1.54, 1.807) is 22.5 Å². The van der Waals surface area contributed by atoms with E-state index in [0.717, 1.165) is 51.1 Å². The lowest BCUT2D eigenvalue weighted by Crippen LogP contribution is -2.44. The van der Waals surface area contributed by atoms with Crippen LogP contribution in [0, 0.1) is 0 Å². The van der Waals surface area contributed by atoms with Crippen LogP contribution in [0.4, 0.5) is 17.3 Å². The molecular weight excluding hydrogens is 480 g/mol. The van der Waals surface area contributed by atoms with Crippen LogP contribution in [-0.2, 0) is 12.1 Å². The van der Waals surface area contributed by atoms with Gasteiger partial charge in [0.1, 0.15) is 11.0 Å². The maximum absolute atomic E-state index is 13.4. The molecule has 4 aromatic rings. The molecule has 6 rings (SSSR count). The molecule has 5 heterocycles. The largest absolute Gasteiger partial charge is 0.384 e. The molecular formula is C28H34N8O2. The quantitative estimate of drug-likeness (QED) is 0.429. The number of piperazine rings is 1. The second-order valence-corrected chi connectivity index (χ2v) is 10.6. The van der Waals surface area contributed by atoms with Crippen LogP contribution < -0.4 is 15.8 Å². The minimum atomic E-state index is -1.04. The van der Waals surface area contributed by atoms with Crippen molar-refractivity contribution in [2.75, 3.05) is 43.4 Å². The number of pyridine rings is 1. The van der Waals surface area contributed by atoms with E-state index >= 15 is 0 Å². The Kier molecular flexibility index (Phi) is 6.37. The Morgan fingerprint density at radius 2 is 1.74 bits per heavy atom. The molecule has 38 heavy (non-hydrogen) atoms. The normalized spacial score (nSPS) is 20.7. The molecule has 10 heteroatoms. The highest BCUT2D eigenvalue weighted by atomic mass is 16.3. The fourth-order valence-electron chi connectivity index (χ4n) is 5.35. The highest BCUT2D eigenvalue weighted by Gasteiger charge is 2.27. The van der Waals surface area contributed by atoms with E-state index < -0.39 is 5.60 Å². The summed E-state index contributed by atoms with van der Waals surface area (Å²) in [5, 5.41) is 14.8. The molecule has 1 atom stereocenters. The monoisotopic (exact) mass is 514 g/mol. The molecule has 3 aromatic heterocycles. The minimum Gasteiger partial charge on any atom is -0.384 e. The van der Waals surface area contributed by atoms with Gasteiger partial charge >= 0.3 is 0 Å². The van der Waals surface area contributed by atoms with Crippen molar-refractivity contribution in [3.05, 3.63) is 64.7 Å². The molecule has 1 saturated heterocycles. The van der Waals surface area contributed by atoms with Crippen LogP contribution in [0.3, 0.4) is 0 Å². The van der Waals surface area contributed by atoms with Crippen LogP contribution in [0.25, 0.3) is 16.9 Å². The maximum Gasteiger partial charge on any atom is 0.278 e. The zero-order valence-electron chi connectivity index (χ0n) is 22.0. The summed E-state index contributed by atoms with van der Waals surface area (Å²) in [7, 11) is 2.15. The van der Waals surface area contributed by atoms with Gasteiger partial charge in [-0.05, 0) is 63.2 Å². The molecule has 0 saturated carbocycles. The summed E-state index contributed by atoms with van der Waals surface area (Å²) in [6, 6.07) is 13.8. The molecule has 0 spiro atoms. The Morgan fingerprint density at radius 1 is 0.947 bits per heavy atom. The van der Waals surface area contributed by atoms with Gasteiger partial charge in [0.25, 0.3) is 5.56 Å². The molecule has 0 amide bonds. The number of hydrogen-bond donors (Lipinski definition) is 2. The van der Waals surface area contributed by atoms with Gasteiger partial charge in [-0.2, -0.15) is 4.98 Å². The van der Waals surface area contributed by atoms with Crippen LogP contribution in [0.2, 0.25) is 0 Å². The van der Waals surface area contributed by atoms with Crippen LogP contribution in [-0.4, -0.2) is 67.5 Å². The van der Waals surface area contributed by atoms with Crippen molar-refractivity contribution in [1.82, 2.24) is 29.2 Å². The Hall–Kier alpha value is -3.76. The Balaban J connectivity index is 1.35. The molecule has 2 bridgehead atoms. The summed E-state index contributed by atoms with van der Waals surface area (Å²) in [5.74, 6) is 0.959. The lowest BCUT2D eigenvalue weighted by molar-refractivity contribution is 0.0405. The van der Waals surface area contributed by atoms with E-state index in [0.29, 0.717) is 41.5 Å². The highest BCUT2D eigenvalue weighted by molar-refractivity contribution is 5.77. The van der Waals surface area contributed by atoms with Gasteiger partial charge in [0, 0.05) is 50.3 Å². The number of rotatable bonds is 3. The van der Waals surface area contributed by atoms with Crippen molar-refractivity contribution in [3.63, 3.8) is 0 Å². The number of nitrogens with one attached hydrogen (secondary N) is 1. The molecule has 10 nitrogen and oxygen atoms in total. The van der Waals surface area contributed by atoms with Crippen molar-refractivity contribution in [3.8, 4) is 5.82 Å². The minimum absolute atomic E-state index is 0.138. The van der Waals surface area contributed by atoms with E-state index in [-0.39, 0.29) is 5.56 Å². The summed E-state index contributed by atoms with van der Waals surface area (Å²) in [5.41, 5.74) is 1.98. The summed E-state index contributed by atoms with van der Waals surface area (Å²) < 4.78 is 3.46. The molecule has 2 N–H and O–H groups in total. The first-order valence-corrected chi connectivity index (χ1v) is 13.4. The predicted molar refractivity (Wildman–Crippen MR) is 148 cm³/mol. The molecule has 1 fully saturated rings. The van der Waals surface area contributed by atoms with Crippen LogP contribution >= 0.6 is 0 Å². The van der Waals surface area contributed by atoms with Crippen molar-refractivity contribution in [2.45, 2.75) is 44.8 Å². The average molecular weight is 515 g/mol. The standard InChI is InChI=1S/C28H34N8O2/c1-28(38)13-4-3-5-14-35-26(37)22-19-29-27(32-25(22)36(35)24-8-6-7-23(28)31-24)30-20-9-11-21(12-10-20)34-17-15-33(2)16-18-34/h6-12,19,38H,3-5,13-18H2,1-2H3,(H,29,30,32). The van der Waals surface area contributed by atoms with Gasteiger partial charge in [-0.3, -0.25) is 4.79 Å². The van der Waals surface area contributed by atoms with Crippen molar-refractivity contribution >= 4 is 28.4 Å². The summed E-state index contributed by atoms with van der Waals surface area (Å²) >= 11 is 0. The lowest BCUT2D eigenvalue weighted by atomic mass is 9.94. The molecule has 198 valence electrons. The molecule has 2 aliphatic rings. The van der Waals surface area contributed by atoms with Crippen molar-refractivity contribution in [2.24, 2.45) is 0 Å². The van der Waals surface area contributed by atoms with Crippen molar-refractivity contribution in [1.29, 1.82) is 0 Å². The van der Waals surface area contributed by atoms with Gasteiger partial charge in [0.2, 0.25) is 5.95 Å². The van der Waals surface area contributed by atoms with E-state index in [2.05, 4.69) is 39.3 Å². The average Bonchev–Trinajstić information content (AvgIpc) is 3.19. The second-order valence-electron chi connectivity index (χ2n) is 10.6. The summed E-state index contributed by atoms with van der Waals surface area (Å²) in [6.07, 6.45) is 4.79. The molecule has 1 unspecified atom stereocenters. The fraction of sp³-hybridized carbons (Fsp3) is 0.429. The number of nitrogens with zero attached hydrogens (tertiary/aromatic N) is 7. The van der Waals surface area contributed by atoms with E-state index in [9.17, 15) is 9.90 Å². The Morgan fingerprint density at radius 3 is 2.53 bits per heavy atom. The number of fused-ring (bicyclic) bond motifs is 6. The third-order valence-electron chi connectivity index (χ3n) is 7.70. The van der Waals surface area contributed by atoms with Gasteiger partial charge in [0.15, 0.2) is 11.5 Å². The Bertz CT molecular complexity index is 1500. The maximum atomic E-state index is 13.4. The predicted octanol–water partition coefficient (Wildman–Crippen LogP) is 3.25. The number of benzene rings is 1. The Labute approximate surface area is 221 Å². The first-order valence-electron chi connectivity index (χ1n) is 13.4. The van der Waals surface area contributed by atoms with Gasteiger partial charge < -0.3 is 20.2 Å². The topological polar surface area (TPSA) is 104 Å². The van der Waals surface area contributed by atoms with Crippen molar-refractivity contribution < 1.29 is 5.11 Å². The smallest absolute Gasteiger partial charge is 0.278 e. The second kappa shape index (κ2) is 9.85. The van der Waals surface area contributed by atoms with Gasteiger partial charge in [-0.1, -0.05) is 18.9 Å². The number of anilines is 3. The van der Waals surface area contributed by atoms with Gasteiger partial charge in [-0.15, -0.1) is 0 Å². The number of aliphatic hydroxyl groups is 1. The lowest BCUT2D eigenvalue weighted by Gasteiger charge is -2.34. The number of hydrogen-bond acceptors (Lipinski definition) is 8. The third-order valence-corrected chi connectivity index (χ3v) is 7.70. The fourth-order valence-corrected chi connectivity index (χ4v) is 5.35. The SMILES string of the molecule is CN1CCN(c2ccc(Nc3ncc4c(=O)n5n(c4n3)-c3cccc(n3)C(C)(O)CCCCC5)cc2)CC1. The summed E-state index contributed by atoms with van der Waals surface area (Å²) in [6.45, 7) is 6.50. The first-order chi connectivity index (χ1) is 18.4. The molecule has 1 aromatic carbocycles. The molecule has 2 aliphatic heterocycles. The molecule has 0 radical (unpaired) electrons. The zero-order chi connectivity index (χ0) is 26.3. The van der Waals surface area contributed by atoms with Crippen LogP contribution in [0.15, 0.2) is 53.5 Å². The van der Waals surface area contributed by atoms with Gasteiger partial charge in [-0.25, -0.2) is 19.3 Å². The van der Waals surface area contributed by atoms with Crippen LogP contribution in [0.1, 0.15) is 38.3 Å². The molecule has 0 aliphatic carbocycles. The summed E-state index contributed by atoms with van der Waals surface area (Å²) in [4.78, 5) is 32.1. The highest BCUT2D eigenvalue weighted by Crippen LogP contribution is 2.28. The number of aromatic nitrogens is 5. The van der Waals surface area contributed by atoms with E-state index in [1.807, 2.05) is 30.3 Å².